The van der Waals surface area contributed by atoms with Gasteiger partial charge < -0.3 is 10.2 Å². The van der Waals surface area contributed by atoms with Crippen molar-refractivity contribution in [3.63, 3.8) is 0 Å². The largest absolute Gasteiger partial charge is 0.341 e. The van der Waals surface area contributed by atoms with Crippen LogP contribution in [0, 0.1) is 5.92 Å². The maximum absolute atomic E-state index is 12.7. The Labute approximate surface area is 175 Å². The quantitative estimate of drug-likeness (QED) is 0.674. The fourth-order valence-electron chi connectivity index (χ4n) is 3.82. The second-order valence-electron chi connectivity index (χ2n) is 8.14. The van der Waals surface area contributed by atoms with E-state index in [9.17, 15) is 9.59 Å². The molecule has 0 bridgehead atoms. The molecular formula is C21H27N7O2. The molecule has 0 saturated carbocycles. The minimum atomic E-state index is -0.00141. The van der Waals surface area contributed by atoms with Crippen molar-refractivity contribution in [2.24, 2.45) is 5.92 Å². The molecule has 9 nitrogen and oxygen atoms in total. The van der Waals surface area contributed by atoms with E-state index < -0.39 is 0 Å². The predicted molar refractivity (Wildman–Crippen MR) is 113 cm³/mol. The molecule has 1 fully saturated rings. The Morgan fingerprint density at radius 3 is 2.40 bits per heavy atom. The zero-order valence-electron chi connectivity index (χ0n) is 17.4. The number of nitrogens with one attached hydrogen (secondary N) is 1. The normalized spacial score (nSPS) is 15.1. The van der Waals surface area contributed by atoms with Gasteiger partial charge in [0, 0.05) is 25.6 Å². The molecule has 0 radical (unpaired) electrons. The molecule has 0 atom stereocenters. The Morgan fingerprint density at radius 1 is 1.10 bits per heavy atom. The van der Waals surface area contributed by atoms with Crippen LogP contribution in [0.3, 0.4) is 0 Å². The number of carbonyl (C=O) groups excluding carboxylic acids is 2. The fraction of sp³-hybridized carbons (Fsp3) is 0.476. The smallest absolute Gasteiger partial charge is 0.246 e. The molecule has 1 aliphatic rings. The maximum atomic E-state index is 12.7. The molecule has 1 aliphatic heterocycles. The molecule has 158 valence electrons. The summed E-state index contributed by atoms with van der Waals surface area (Å²) in [7, 11) is 0. The van der Waals surface area contributed by atoms with Crippen LogP contribution in [0.15, 0.2) is 36.5 Å². The summed E-state index contributed by atoms with van der Waals surface area (Å²) < 4.78 is 1.88. The van der Waals surface area contributed by atoms with Gasteiger partial charge in [0.2, 0.25) is 11.8 Å². The Bertz CT molecular complexity index is 998. The first kappa shape index (κ1) is 20.1. The van der Waals surface area contributed by atoms with Crippen molar-refractivity contribution in [3.05, 3.63) is 36.5 Å². The fourth-order valence-corrected chi connectivity index (χ4v) is 3.82. The van der Waals surface area contributed by atoms with Crippen LogP contribution in [-0.4, -0.2) is 54.6 Å². The number of rotatable bonds is 6. The molecular weight excluding hydrogens is 382 g/mol. The zero-order valence-corrected chi connectivity index (χ0v) is 17.4. The number of hydrogen-bond donors (Lipinski definition) is 1. The van der Waals surface area contributed by atoms with Gasteiger partial charge in [-0.05, 0) is 30.9 Å². The minimum Gasteiger partial charge on any atom is -0.341 e. The average Bonchev–Trinajstić information content (AvgIpc) is 3.33. The monoisotopic (exact) mass is 409 g/mol. The third-order valence-corrected chi connectivity index (χ3v) is 5.30. The number of aromatic nitrogens is 5. The van der Waals surface area contributed by atoms with E-state index in [4.69, 9.17) is 0 Å². The van der Waals surface area contributed by atoms with Crippen LogP contribution in [-0.2, 0) is 16.1 Å². The number of fused-ring (bicyclic) bond motifs is 1. The van der Waals surface area contributed by atoms with E-state index in [2.05, 4.69) is 20.6 Å². The molecule has 1 aromatic carbocycles. The number of hydrogen-bond acceptors (Lipinski definition) is 5. The van der Waals surface area contributed by atoms with Crippen LogP contribution in [0.1, 0.15) is 39.2 Å². The second kappa shape index (κ2) is 8.64. The van der Waals surface area contributed by atoms with Gasteiger partial charge in [-0.3, -0.25) is 9.59 Å². The van der Waals surface area contributed by atoms with Gasteiger partial charge in [-0.2, -0.15) is 20.1 Å². The van der Waals surface area contributed by atoms with Crippen LogP contribution in [0.4, 0.5) is 5.82 Å². The Hall–Kier alpha value is -3.23. The SMILES string of the molecule is CC(C)CC(=O)Nc1ccnn1C1CCN(C(=O)Cn2nc3ccccc3n2)CC1. The first-order valence-electron chi connectivity index (χ1n) is 10.4. The van der Waals surface area contributed by atoms with Crippen LogP contribution >= 0.6 is 0 Å². The molecule has 9 heteroatoms. The van der Waals surface area contributed by atoms with Crippen molar-refractivity contribution in [2.45, 2.75) is 45.7 Å². The van der Waals surface area contributed by atoms with Crippen LogP contribution < -0.4 is 5.32 Å². The van der Waals surface area contributed by atoms with Gasteiger partial charge in [0.1, 0.15) is 23.4 Å². The van der Waals surface area contributed by atoms with Crippen molar-refractivity contribution in [2.75, 3.05) is 18.4 Å². The van der Waals surface area contributed by atoms with E-state index in [1.807, 2.05) is 53.8 Å². The summed E-state index contributed by atoms with van der Waals surface area (Å²) in [6.07, 6.45) is 3.76. The molecule has 30 heavy (non-hydrogen) atoms. The lowest BCUT2D eigenvalue weighted by molar-refractivity contribution is -0.133. The highest BCUT2D eigenvalue weighted by Crippen LogP contribution is 2.25. The van der Waals surface area contributed by atoms with Crippen molar-refractivity contribution in [1.82, 2.24) is 29.7 Å². The van der Waals surface area contributed by atoms with Crippen LogP contribution in [0.5, 0.6) is 0 Å². The maximum Gasteiger partial charge on any atom is 0.246 e. The van der Waals surface area contributed by atoms with Crippen LogP contribution in [0.25, 0.3) is 11.0 Å². The number of benzene rings is 1. The highest BCUT2D eigenvalue weighted by atomic mass is 16.2. The highest BCUT2D eigenvalue weighted by molar-refractivity contribution is 5.89. The summed E-state index contributed by atoms with van der Waals surface area (Å²) in [5, 5.41) is 16.1. The first-order chi connectivity index (χ1) is 14.5. The van der Waals surface area contributed by atoms with Gasteiger partial charge in [-0.25, -0.2) is 4.68 Å². The third-order valence-electron chi connectivity index (χ3n) is 5.30. The average molecular weight is 409 g/mol. The Kier molecular flexibility index (Phi) is 5.78. The van der Waals surface area contributed by atoms with Crippen molar-refractivity contribution < 1.29 is 9.59 Å². The van der Waals surface area contributed by atoms with Gasteiger partial charge in [-0.15, -0.1) is 0 Å². The summed E-state index contributed by atoms with van der Waals surface area (Å²) >= 11 is 0. The number of likely N-dealkylation sites (tertiary alicyclic amines) is 1. The lowest BCUT2D eigenvalue weighted by Gasteiger charge is -2.32. The topological polar surface area (TPSA) is 97.9 Å². The second-order valence-corrected chi connectivity index (χ2v) is 8.14. The van der Waals surface area contributed by atoms with Gasteiger partial charge >= 0.3 is 0 Å². The molecule has 0 aliphatic carbocycles. The minimum absolute atomic E-state index is 0.00141. The summed E-state index contributed by atoms with van der Waals surface area (Å²) in [5.41, 5.74) is 1.57. The Morgan fingerprint density at radius 2 is 1.77 bits per heavy atom. The number of piperidine rings is 1. The van der Waals surface area contributed by atoms with Gasteiger partial charge in [-0.1, -0.05) is 26.0 Å². The number of anilines is 1. The number of carbonyl (C=O) groups is 2. The molecule has 1 saturated heterocycles. The molecule has 3 aromatic rings. The van der Waals surface area contributed by atoms with E-state index in [1.54, 1.807) is 6.20 Å². The van der Waals surface area contributed by atoms with E-state index in [-0.39, 0.29) is 24.4 Å². The molecule has 0 unspecified atom stereocenters. The summed E-state index contributed by atoms with van der Waals surface area (Å²) in [5.74, 6) is 1.04. The number of amides is 2. The summed E-state index contributed by atoms with van der Waals surface area (Å²) in [6, 6.07) is 9.56. The molecule has 4 rings (SSSR count). The van der Waals surface area contributed by atoms with E-state index in [0.717, 1.165) is 29.7 Å². The predicted octanol–water partition coefficient (Wildman–Crippen LogP) is 2.48. The molecule has 1 N–H and O–H groups in total. The Balaban J connectivity index is 1.33. The number of nitrogens with zero attached hydrogens (tertiary/aromatic N) is 6. The summed E-state index contributed by atoms with van der Waals surface area (Å²) in [4.78, 5) is 28.1. The van der Waals surface area contributed by atoms with E-state index in [0.29, 0.717) is 25.4 Å². The third kappa shape index (κ3) is 4.50. The first-order valence-corrected chi connectivity index (χ1v) is 10.4. The lowest BCUT2D eigenvalue weighted by atomic mass is 10.1. The highest BCUT2D eigenvalue weighted by Gasteiger charge is 2.26. The van der Waals surface area contributed by atoms with Gasteiger partial charge in [0.15, 0.2) is 0 Å². The zero-order chi connectivity index (χ0) is 21.1. The van der Waals surface area contributed by atoms with Crippen molar-refractivity contribution in [1.29, 1.82) is 0 Å². The molecule has 2 amide bonds. The van der Waals surface area contributed by atoms with Gasteiger partial charge in [0.05, 0.1) is 12.2 Å². The van der Waals surface area contributed by atoms with E-state index in [1.165, 1.54) is 4.80 Å². The van der Waals surface area contributed by atoms with Crippen LogP contribution in [0.2, 0.25) is 0 Å². The molecule has 0 spiro atoms. The lowest BCUT2D eigenvalue weighted by Crippen LogP contribution is -2.41. The van der Waals surface area contributed by atoms with E-state index >= 15 is 0 Å². The van der Waals surface area contributed by atoms with Crippen molar-refractivity contribution >= 4 is 28.7 Å². The molecule has 2 aromatic heterocycles. The van der Waals surface area contributed by atoms with Gasteiger partial charge in [0.25, 0.3) is 0 Å². The standard InChI is InChI=1S/C21H27N7O2/c1-15(2)13-20(29)23-19-7-10-22-28(19)16-8-11-26(12-9-16)21(30)14-27-24-17-5-3-4-6-18(17)25-27/h3-7,10,15-16H,8-9,11-14H2,1-2H3,(H,23,29). The van der Waals surface area contributed by atoms with Crippen molar-refractivity contribution in [3.8, 4) is 0 Å². The summed E-state index contributed by atoms with van der Waals surface area (Å²) in [6.45, 7) is 5.46. The molecule has 3 heterocycles.